The smallest absolute Gasteiger partial charge is 0.330 e. The first kappa shape index (κ1) is 19.4. The molecule has 1 amide bonds. The van der Waals surface area contributed by atoms with Crippen molar-refractivity contribution in [3.63, 3.8) is 0 Å². The highest BCUT2D eigenvalue weighted by molar-refractivity contribution is 5.95. The predicted molar refractivity (Wildman–Crippen MR) is 98.8 cm³/mol. The minimum absolute atomic E-state index is 0.0233. The van der Waals surface area contributed by atoms with Gasteiger partial charge in [-0.05, 0) is 30.5 Å². The standard InChI is InChI=1S/C18H23FN4O3/c1-3-4-11-23-16(20)15(17(25)21-18(23)26)22(2)14(24)10-7-12-5-8-13(19)9-6-12/h5-6,8-9H,3-4,7,10-11,20H2,1-2H3,(H,21,25,26). The van der Waals surface area contributed by atoms with Crippen molar-refractivity contribution in [3.8, 4) is 0 Å². The van der Waals surface area contributed by atoms with Crippen LogP contribution >= 0.6 is 0 Å². The van der Waals surface area contributed by atoms with Crippen molar-refractivity contribution in [3.05, 3.63) is 56.5 Å². The van der Waals surface area contributed by atoms with Crippen LogP contribution in [0.3, 0.4) is 0 Å². The van der Waals surface area contributed by atoms with Crippen molar-refractivity contribution in [2.45, 2.75) is 39.2 Å². The van der Waals surface area contributed by atoms with Crippen LogP contribution in [0.15, 0.2) is 33.9 Å². The molecule has 0 fully saturated rings. The number of halogens is 1. The average molecular weight is 362 g/mol. The molecule has 7 nitrogen and oxygen atoms in total. The summed E-state index contributed by atoms with van der Waals surface area (Å²) in [6, 6.07) is 5.87. The molecule has 1 aromatic heterocycles. The molecule has 1 heterocycles. The van der Waals surface area contributed by atoms with E-state index in [0.717, 1.165) is 18.4 Å². The van der Waals surface area contributed by atoms with E-state index in [1.54, 1.807) is 12.1 Å². The molecule has 0 atom stereocenters. The maximum Gasteiger partial charge on any atom is 0.330 e. The number of amides is 1. The molecule has 0 radical (unpaired) electrons. The van der Waals surface area contributed by atoms with Gasteiger partial charge in [-0.25, -0.2) is 9.18 Å². The Balaban J connectivity index is 2.20. The van der Waals surface area contributed by atoms with E-state index in [-0.39, 0.29) is 29.7 Å². The first-order chi connectivity index (χ1) is 12.3. The molecule has 0 saturated heterocycles. The highest BCUT2D eigenvalue weighted by Gasteiger charge is 2.20. The summed E-state index contributed by atoms with van der Waals surface area (Å²) in [6.07, 6.45) is 2.09. The van der Waals surface area contributed by atoms with Crippen LogP contribution in [-0.4, -0.2) is 22.5 Å². The fraction of sp³-hybridized carbons (Fsp3) is 0.389. The van der Waals surface area contributed by atoms with E-state index < -0.39 is 11.2 Å². The number of nitrogens with one attached hydrogen (secondary N) is 1. The lowest BCUT2D eigenvalue weighted by Gasteiger charge is -2.20. The van der Waals surface area contributed by atoms with Gasteiger partial charge in [0, 0.05) is 20.0 Å². The molecule has 0 bridgehead atoms. The zero-order chi connectivity index (χ0) is 19.3. The van der Waals surface area contributed by atoms with Crippen molar-refractivity contribution < 1.29 is 9.18 Å². The second kappa shape index (κ2) is 8.46. The molecular weight excluding hydrogens is 339 g/mol. The molecule has 0 aliphatic carbocycles. The van der Waals surface area contributed by atoms with E-state index in [4.69, 9.17) is 5.73 Å². The summed E-state index contributed by atoms with van der Waals surface area (Å²) >= 11 is 0. The maximum absolute atomic E-state index is 12.9. The van der Waals surface area contributed by atoms with Gasteiger partial charge in [0.05, 0.1) is 0 Å². The number of hydrogen-bond donors (Lipinski definition) is 2. The monoisotopic (exact) mass is 362 g/mol. The molecule has 2 aromatic rings. The van der Waals surface area contributed by atoms with Crippen LogP contribution in [-0.2, 0) is 17.8 Å². The average Bonchev–Trinajstić information content (AvgIpc) is 2.60. The first-order valence-electron chi connectivity index (χ1n) is 8.48. The van der Waals surface area contributed by atoms with Gasteiger partial charge < -0.3 is 10.6 Å². The fourth-order valence-electron chi connectivity index (χ4n) is 2.63. The van der Waals surface area contributed by atoms with Gasteiger partial charge >= 0.3 is 5.69 Å². The summed E-state index contributed by atoms with van der Waals surface area (Å²) in [6.45, 7) is 2.33. The van der Waals surface area contributed by atoms with Crippen molar-refractivity contribution in [2.75, 3.05) is 17.7 Å². The number of aromatic amines is 1. The SMILES string of the molecule is CCCCn1c(N)c(N(C)C(=O)CCc2ccc(F)cc2)c(=O)[nH]c1=O. The Labute approximate surface area is 150 Å². The Hall–Kier alpha value is -2.90. The van der Waals surface area contributed by atoms with Gasteiger partial charge in [-0.3, -0.25) is 19.1 Å². The number of H-pyrrole nitrogens is 1. The van der Waals surface area contributed by atoms with Gasteiger partial charge in [0.2, 0.25) is 5.91 Å². The third kappa shape index (κ3) is 4.38. The molecule has 3 N–H and O–H groups in total. The number of benzene rings is 1. The summed E-state index contributed by atoms with van der Waals surface area (Å²) in [5.74, 6) is -0.692. The van der Waals surface area contributed by atoms with Crippen LogP contribution in [0.4, 0.5) is 15.9 Å². The number of hydrogen-bond acceptors (Lipinski definition) is 4. The van der Waals surface area contributed by atoms with E-state index in [2.05, 4.69) is 4.98 Å². The van der Waals surface area contributed by atoms with Crippen molar-refractivity contribution in [1.82, 2.24) is 9.55 Å². The molecule has 140 valence electrons. The number of anilines is 2. The maximum atomic E-state index is 12.9. The number of nitrogens with zero attached hydrogens (tertiary/aromatic N) is 2. The lowest BCUT2D eigenvalue weighted by atomic mass is 10.1. The van der Waals surface area contributed by atoms with Gasteiger partial charge in [0.25, 0.3) is 5.56 Å². The topological polar surface area (TPSA) is 101 Å². The van der Waals surface area contributed by atoms with Crippen LogP contribution in [0.2, 0.25) is 0 Å². The Bertz CT molecular complexity index is 887. The van der Waals surface area contributed by atoms with Crippen LogP contribution in [0.5, 0.6) is 0 Å². The molecule has 0 aliphatic rings. The van der Waals surface area contributed by atoms with Crippen LogP contribution in [0.25, 0.3) is 0 Å². The highest BCUT2D eigenvalue weighted by atomic mass is 19.1. The van der Waals surface area contributed by atoms with E-state index in [1.807, 2.05) is 6.92 Å². The Morgan fingerprint density at radius 3 is 2.54 bits per heavy atom. The summed E-state index contributed by atoms with van der Waals surface area (Å²) in [5, 5.41) is 0. The van der Waals surface area contributed by atoms with Gasteiger partial charge in [0.1, 0.15) is 11.6 Å². The third-order valence-electron chi connectivity index (χ3n) is 4.20. The second-order valence-corrected chi connectivity index (χ2v) is 6.08. The van der Waals surface area contributed by atoms with E-state index in [1.165, 1.54) is 28.6 Å². The molecule has 0 saturated carbocycles. The molecule has 0 spiro atoms. The number of nitrogen functional groups attached to an aromatic ring is 1. The Kier molecular flexibility index (Phi) is 6.32. The van der Waals surface area contributed by atoms with Crippen LogP contribution in [0, 0.1) is 5.82 Å². The highest BCUT2D eigenvalue weighted by Crippen LogP contribution is 2.17. The van der Waals surface area contributed by atoms with Crippen molar-refractivity contribution >= 4 is 17.4 Å². The Morgan fingerprint density at radius 2 is 1.92 bits per heavy atom. The zero-order valence-electron chi connectivity index (χ0n) is 14.9. The number of carbonyl (C=O) groups excluding carboxylic acids is 1. The van der Waals surface area contributed by atoms with Gasteiger partial charge in [-0.2, -0.15) is 0 Å². The summed E-state index contributed by atoms with van der Waals surface area (Å²) in [4.78, 5) is 39.9. The number of unbranched alkanes of at least 4 members (excludes halogenated alkanes) is 1. The number of aryl methyl sites for hydroxylation is 1. The quantitative estimate of drug-likeness (QED) is 0.782. The normalized spacial score (nSPS) is 10.7. The largest absolute Gasteiger partial charge is 0.383 e. The lowest BCUT2D eigenvalue weighted by Crippen LogP contribution is -2.39. The molecule has 1 aromatic carbocycles. The summed E-state index contributed by atoms with van der Waals surface area (Å²) in [5.41, 5.74) is 5.48. The van der Waals surface area contributed by atoms with Crippen molar-refractivity contribution in [2.24, 2.45) is 0 Å². The molecule has 8 heteroatoms. The molecule has 0 aliphatic heterocycles. The number of aromatic nitrogens is 2. The molecule has 0 unspecified atom stereocenters. The number of rotatable bonds is 7. The second-order valence-electron chi connectivity index (χ2n) is 6.08. The fourth-order valence-corrected chi connectivity index (χ4v) is 2.63. The summed E-state index contributed by atoms with van der Waals surface area (Å²) < 4.78 is 14.2. The minimum Gasteiger partial charge on any atom is -0.383 e. The van der Waals surface area contributed by atoms with Crippen LogP contribution < -0.4 is 21.9 Å². The third-order valence-corrected chi connectivity index (χ3v) is 4.20. The zero-order valence-corrected chi connectivity index (χ0v) is 14.9. The van der Waals surface area contributed by atoms with Gasteiger partial charge in [-0.15, -0.1) is 0 Å². The molecule has 2 rings (SSSR count). The molecule has 26 heavy (non-hydrogen) atoms. The minimum atomic E-state index is -0.696. The lowest BCUT2D eigenvalue weighted by molar-refractivity contribution is -0.118. The summed E-state index contributed by atoms with van der Waals surface area (Å²) in [7, 11) is 1.45. The Morgan fingerprint density at radius 1 is 1.27 bits per heavy atom. The van der Waals surface area contributed by atoms with Gasteiger partial charge in [-0.1, -0.05) is 25.5 Å². The van der Waals surface area contributed by atoms with Crippen LogP contribution in [0.1, 0.15) is 31.7 Å². The number of carbonyl (C=O) groups is 1. The first-order valence-corrected chi connectivity index (χ1v) is 8.48. The van der Waals surface area contributed by atoms with E-state index >= 15 is 0 Å². The van der Waals surface area contributed by atoms with E-state index in [0.29, 0.717) is 13.0 Å². The number of nitrogens with two attached hydrogens (primary N) is 1. The predicted octanol–water partition coefficient (Wildman–Crippen LogP) is 1.65. The van der Waals surface area contributed by atoms with Crippen molar-refractivity contribution in [1.29, 1.82) is 0 Å². The van der Waals surface area contributed by atoms with E-state index in [9.17, 15) is 18.8 Å². The molecular formula is C18H23FN4O3. The van der Waals surface area contributed by atoms with Gasteiger partial charge in [0.15, 0.2) is 5.69 Å².